The van der Waals surface area contributed by atoms with Gasteiger partial charge >= 0.3 is 11.8 Å². The molecule has 14 heavy (non-hydrogen) atoms. The van der Waals surface area contributed by atoms with Crippen molar-refractivity contribution >= 4 is 29.0 Å². The van der Waals surface area contributed by atoms with Crippen LogP contribution in [0.3, 0.4) is 0 Å². The minimum absolute atomic E-state index is 0.0567. The highest BCUT2D eigenvalue weighted by atomic mass is 32.1. The molecule has 5 nitrogen and oxygen atoms in total. The molecule has 0 fully saturated rings. The van der Waals surface area contributed by atoms with E-state index in [0.29, 0.717) is 13.1 Å². The summed E-state index contributed by atoms with van der Waals surface area (Å²) in [7, 11) is 0. The molecule has 0 saturated carbocycles. The number of likely N-dealkylation sites (N-methyl/N-ethyl adjacent to an activating group) is 1. The van der Waals surface area contributed by atoms with Crippen LogP contribution in [-0.4, -0.2) is 41.3 Å². The van der Waals surface area contributed by atoms with Gasteiger partial charge < -0.3 is 16.0 Å². The van der Waals surface area contributed by atoms with Gasteiger partial charge in [0, 0.05) is 13.1 Å². The summed E-state index contributed by atoms with van der Waals surface area (Å²) < 4.78 is 0. The van der Waals surface area contributed by atoms with Gasteiger partial charge in [0.15, 0.2) is 0 Å². The van der Waals surface area contributed by atoms with Crippen molar-refractivity contribution in [2.45, 2.75) is 13.8 Å². The van der Waals surface area contributed by atoms with Gasteiger partial charge in [0.25, 0.3) is 0 Å². The van der Waals surface area contributed by atoms with E-state index in [1.807, 2.05) is 13.8 Å². The van der Waals surface area contributed by atoms with E-state index in [1.165, 1.54) is 4.90 Å². The first kappa shape index (κ1) is 12.8. The number of rotatable bonds is 4. The number of amides is 2. The van der Waals surface area contributed by atoms with E-state index in [2.05, 4.69) is 17.5 Å². The lowest BCUT2D eigenvalue weighted by Gasteiger charge is -2.17. The molecule has 6 heteroatoms. The molecular formula is C8H15N3O2S. The number of carbonyl (C=O) groups is 2. The molecule has 0 aliphatic rings. The van der Waals surface area contributed by atoms with E-state index in [4.69, 9.17) is 5.73 Å². The molecule has 2 amide bonds. The van der Waals surface area contributed by atoms with Gasteiger partial charge in [-0.25, -0.2) is 0 Å². The summed E-state index contributed by atoms with van der Waals surface area (Å²) in [6.45, 7) is 4.69. The fraction of sp³-hybridized carbons (Fsp3) is 0.625. The number of nitrogens with one attached hydrogen (secondary N) is 1. The summed E-state index contributed by atoms with van der Waals surface area (Å²) in [4.78, 5) is 24.1. The lowest BCUT2D eigenvalue weighted by Crippen LogP contribution is -2.44. The number of hydrogen-bond donors (Lipinski definition) is 2. The Balaban J connectivity index is 4.10. The standard InChI is InChI=1S/C8H15N3O2S/c1-3-11(4-2)8(13)7(12)10-5-6(9)14/h3-5H2,1-2H3,(H2,9,14)(H,10,12). The topological polar surface area (TPSA) is 75.4 Å². The molecular weight excluding hydrogens is 202 g/mol. The molecule has 0 heterocycles. The molecule has 0 aliphatic carbocycles. The molecule has 0 radical (unpaired) electrons. The van der Waals surface area contributed by atoms with Crippen molar-refractivity contribution in [3.63, 3.8) is 0 Å². The predicted molar refractivity (Wildman–Crippen MR) is 57.7 cm³/mol. The Bertz CT molecular complexity index is 239. The quantitative estimate of drug-likeness (QED) is 0.480. The number of thiocarbonyl (C=S) groups is 1. The van der Waals surface area contributed by atoms with E-state index in [-0.39, 0.29) is 11.5 Å². The smallest absolute Gasteiger partial charge is 0.311 e. The summed E-state index contributed by atoms with van der Waals surface area (Å²) in [5.74, 6) is -1.22. The summed E-state index contributed by atoms with van der Waals surface area (Å²) >= 11 is 4.56. The lowest BCUT2D eigenvalue weighted by molar-refractivity contribution is -0.145. The van der Waals surface area contributed by atoms with E-state index >= 15 is 0 Å². The highest BCUT2D eigenvalue weighted by Gasteiger charge is 2.18. The number of hydrogen-bond acceptors (Lipinski definition) is 3. The molecule has 0 aliphatic heterocycles. The van der Waals surface area contributed by atoms with Crippen molar-refractivity contribution in [2.75, 3.05) is 19.6 Å². The maximum absolute atomic E-state index is 11.3. The monoisotopic (exact) mass is 217 g/mol. The Kier molecular flexibility index (Phi) is 5.78. The van der Waals surface area contributed by atoms with Gasteiger partial charge in [-0.3, -0.25) is 9.59 Å². The zero-order chi connectivity index (χ0) is 11.1. The van der Waals surface area contributed by atoms with E-state index in [1.54, 1.807) is 0 Å². The average molecular weight is 217 g/mol. The highest BCUT2D eigenvalue weighted by Crippen LogP contribution is 1.88. The third-order valence-electron chi connectivity index (χ3n) is 1.67. The van der Waals surface area contributed by atoms with Gasteiger partial charge in [0.2, 0.25) is 0 Å². The van der Waals surface area contributed by atoms with E-state index in [0.717, 1.165) is 0 Å². The molecule has 0 aromatic rings. The molecule has 0 bridgehead atoms. The second-order valence-electron chi connectivity index (χ2n) is 2.63. The predicted octanol–water partition coefficient (Wildman–Crippen LogP) is -0.743. The number of nitrogens with zero attached hydrogens (tertiary/aromatic N) is 1. The number of nitrogens with two attached hydrogens (primary N) is 1. The minimum atomic E-state index is -0.665. The van der Waals surface area contributed by atoms with Crippen LogP contribution < -0.4 is 11.1 Å². The molecule has 0 unspecified atom stereocenters. The summed E-state index contributed by atoms with van der Waals surface area (Å²) in [6.07, 6.45) is 0. The van der Waals surface area contributed by atoms with Crippen molar-refractivity contribution in [2.24, 2.45) is 5.73 Å². The first-order valence-electron chi connectivity index (χ1n) is 4.38. The van der Waals surface area contributed by atoms with Crippen molar-refractivity contribution < 1.29 is 9.59 Å². The molecule has 0 aromatic carbocycles. The van der Waals surface area contributed by atoms with E-state index in [9.17, 15) is 9.59 Å². The first-order chi connectivity index (χ1) is 6.52. The first-order valence-corrected chi connectivity index (χ1v) is 4.79. The zero-order valence-corrected chi connectivity index (χ0v) is 9.19. The molecule has 0 saturated heterocycles. The maximum Gasteiger partial charge on any atom is 0.311 e. The van der Waals surface area contributed by atoms with Gasteiger partial charge in [-0.15, -0.1) is 0 Å². The zero-order valence-electron chi connectivity index (χ0n) is 8.37. The van der Waals surface area contributed by atoms with E-state index < -0.39 is 11.8 Å². The Morgan fingerprint density at radius 2 is 1.86 bits per heavy atom. The summed E-state index contributed by atoms with van der Waals surface area (Å²) in [5, 5.41) is 2.33. The SMILES string of the molecule is CCN(CC)C(=O)C(=O)NCC(N)=S. The Hall–Kier alpha value is -1.17. The van der Waals surface area contributed by atoms with Crippen LogP contribution in [0, 0.1) is 0 Å². The van der Waals surface area contributed by atoms with Crippen LogP contribution in [0.1, 0.15) is 13.8 Å². The molecule has 0 rings (SSSR count). The van der Waals surface area contributed by atoms with Crippen LogP contribution >= 0.6 is 12.2 Å². The van der Waals surface area contributed by atoms with Crippen molar-refractivity contribution in [1.82, 2.24) is 10.2 Å². The summed E-state index contributed by atoms with van der Waals surface area (Å²) in [5.41, 5.74) is 5.17. The van der Waals surface area contributed by atoms with Crippen molar-refractivity contribution in [3.8, 4) is 0 Å². The third kappa shape index (κ3) is 4.18. The molecule has 3 N–H and O–H groups in total. The molecule has 0 spiro atoms. The van der Waals surface area contributed by atoms with Crippen LogP contribution in [0.4, 0.5) is 0 Å². The van der Waals surface area contributed by atoms with Gasteiger partial charge in [-0.05, 0) is 13.8 Å². The lowest BCUT2D eigenvalue weighted by atomic mass is 10.4. The van der Waals surface area contributed by atoms with Gasteiger partial charge in [-0.2, -0.15) is 0 Å². The average Bonchev–Trinajstić information content (AvgIpc) is 2.15. The Labute approximate surface area is 88.6 Å². The largest absolute Gasteiger partial charge is 0.392 e. The molecule has 0 aromatic heterocycles. The third-order valence-corrected chi connectivity index (χ3v) is 1.81. The fourth-order valence-electron chi connectivity index (χ4n) is 0.897. The maximum atomic E-state index is 11.3. The second-order valence-corrected chi connectivity index (χ2v) is 3.15. The fourth-order valence-corrected chi connectivity index (χ4v) is 0.970. The van der Waals surface area contributed by atoms with Gasteiger partial charge in [0.1, 0.15) is 0 Å². The van der Waals surface area contributed by atoms with Crippen molar-refractivity contribution in [3.05, 3.63) is 0 Å². The minimum Gasteiger partial charge on any atom is -0.392 e. The molecule has 0 atom stereocenters. The van der Waals surface area contributed by atoms with Crippen LogP contribution in [0.5, 0.6) is 0 Å². The van der Waals surface area contributed by atoms with Gasteiger partial charge in [0.05, 0.1) is 11.5 Å². The van der Waals surface area contributed by atoms with Gasteiger partial charge in [-0.1, -0.05) is 12.2 Å². The normalized spacial score (nSPS) is 9.29. The second kappa shape index (κ2) is 6.31. The van der Waals surface area contributed by atoms with Crippen LogP contribution in [0.2, 0.25) is 0 Å². The van der Waals surface area contributed by atoms with Crippen molar-refractivity contribution in [1.29, 1.82) is 0 Å². The van der Waals surface area contributed by atoms with Crippen LogP contribution in [0.15, 0.2) is 0 Å². The Morgan fingerprint density at radius 1 is 1.36 bits per heavy atom. The summed E-state index contributed by atoms with van der Waals surface area (Å²) in [6, 6.07) is 0. The number of carbonyl (C=O) groups excluding carboxylic acids is 2. The Morgan fingerprint density at radius 3 is 2.21 bits per heavy atom. The highest BCUT2D eigenvalue weighted by molar-refractivity contribution is 7.80. The van der Waals surface area contributed by atoms with Crippen LogP contribution in [0.25, 0.3) is 0 Å². The molecule has 80 valence electrons. The van der Waals surface area contributed by atoms with Crippen LogP contribution in [-0.2, 0) is 9.59 Å².